The number of ether oxygens (including phenoxy) is 1. The first kappa shape index (κ1) is 21.0. The third kappa shape index (κ3) is 7.94. The molecule has 2 aliphatic rings. The Bertz CT molecular complexity index is 428. The summed E-state index contributed by atoms with van der Waals surface area (Å²) in [5.74, 6) is 0.514. The Balaban J connectivity index is 1.56. The molecule has 0 unspecified atom stereocenters. The Morgan fingerprint density at radius 3 is 2.42 bits per heavy atom. The zero-order valence-corrected chi connectivity index (χ0v) is 16.6. The monoisotopic (exact) mass is 367 g/mol. The fourth-order valence-electron chi connectivity index (χ4n) is 3.81. The molecule has 1 heterocycles. The lowest BCUT2D eigenvalue weighted by atomic mass is 9.93. The van der Waals surface area contributed by atoms with Gasteiger partial charge in [0.25, 0.3) is 0 Å². The van der Waals surface area contributed by atoms with E-state index in [2.05, 4.69) is 10.6 Å². The molecular formula is C20H37N3O3. The van der Waals surface area contributed by atoms with Gasteiger partial charge in [-0.15, -0.1) is 0 Å². The largest absolute Gasteiger partial charge is 0.379 e. The van der Waals surface area contributed by atoms with Gasteiger partial charge in [-0.1, -0.05) is 19.3 Å². The van der Waals surface area contributed by atoms with Crippen molar-refractivity contribution in [2.75, 3.05) is 26.2 Å². The number of carbonyl (C=O) groups excluding carboxylic acids is 2. The summed E-state index contributed by atoms with van der Waals surface area (Å²) >= 11 is 0. The van der Waals surface area contributed by atoms with Gasteiger partial charge in [0.1, 0.15) is 0 Å². The van der Waals surface area contributed by atoms with Crippen molar-refractivity contribution in [3.05, 3.63) is 0 Å². The molecule has 1 aliphatic carbocycles. The Hall–Kier alpha value is -1.30. The summed E-state index contributed by atoms with van der Waals surface area (Å²) < 4.78 is 5.47. The van der Waals surface area contributed by atoms with E-state index in [1.54, 1.807) is 0 Å². The van der Waals surface area contributed by atoms with Crippen molar-refractivity contribution in [2.24, 2.45) is 5.92 Å². The second-order valence-electron chi connectivity index (χ2n) is 8.04. The maximum absolute atomic E-state index is 12.4. The highest BCUT2D eigenvalue weighted by molar-refractivity contribution is 5.76. The zero-order chi connectivity index (χ0) is 18.8. The van der Waals surface area contributed by atoms with Crippen molar-refractivity contribution >= 4 is 11.9 Å². The number of piperidine rings is 1. The molecule has 1 saturated heterocycles. The molecule has 0 radical (unpaired) electrons. The maximum Gasteiger partial charge on any atom is 0.317 e. The van der Waals surface area contributed by atoms with Crippen LogP contribution in [0.25, 0.3) is 0 Å². The molecule has 2 rings (SSSR count). The normalized spacial score (nSPS) is 19.6. The molecule has 0 spiro atoms. The first-order chi connectivity index (χ1) is 12.5. The molecule has 0 atom stereocenters. The van der Waals surface area contributed by atoms with E-state index in [-0.39, 0.29) is 18.0 Å². The minimum absolute atomic E-state index is 0.0879. The molecule has 6 heteroatoms. The highest BCUT2D eigenvalue weighted by Crippen LogP contribution is 2.22. The summed E-state index contributed by atoms with van der Waals surface area (Å²) in [5, 5.41) is 6.17. The van der Waals surface area contributed by atoms with Crippen LogP contribution in [0.1, 0.15) is 71.6 Å². The van der Waals surface area contributed by atoms with Gasteiger partial charge in [-0.05, 0) is 51.9 Å². The van der Waals surface area contributed by atoms with Gasteiger partial charge in [0.15, 0.2) is 0 Å². The predicted molar refractivity (Wildman–Crippen MR) is 103 cm³/mol. The number of likely N-dealkylation sites (tertiary alicyclic amines) is 1. The highest BCUT2D eigenvalue weighted by atomic mass is 16.5. The fraction of sp³-hybridized carbons (Fsp3) is 0.900. The number of nitrogens with zero attached hydrogens (tertiary/aromatic N) is 1. The molecule has 26 heavy (non-hydrogen) atoms. The fourth-order valence-corrected chi connectivity index (χ4v) is 3.81. The van der Waals surface area contributed by atoms with Crippen LogP contribution < -0.4 is 10.6 Å². The van der Waals surface area contributed by atoms with Crippen LogP contribution in [-0.4, -0.2) is 55.2 Å². The van der Waals surface area contributed by atoms with Crippen molar-refractivity contribution in [3.63, 3.8) is 0 Å². The van der Waals surface area contributed by atoms with Crippen molar-refractivity contribution in [1.29, 1.82) is 0 Å². The predicted octanol–water partition coefficient (Wildman–Crippen LogP) is 3.06. The van der Waals surface area contributed by atoms with Gasteiger partial charge in [0.05, 0.1) is 6.10 Å². The van der Waals surface area contributed by atoms with Crippen LogP contribution in [0.3, 0.4) is 0 Å². The van der Waals surface area contributed by atoms with Crippen LogP contribution in [0.5, 0.6) is 0 Å². The summed E-state index contributed by atoms with van der Waals surface area (Å²) in [4.78, 5) is 26.3. The molecule has 1 saturated carbocycles. The molecule has 3 amide bonds. The van der Waals surface area contributed by atoms with Crippen molar-refractivity contribution in [2.45, 2.75) is 83.8 Å². The lowest BCUT2D eigenvalue weighted by molar-refractivity contribution is -0.122. The van der Waals surface area contributed by atoms with Gasteiger partial charge >= 0.3 is 6.03 Å². The highest BCUT2D eigenvalue weighted by Gasteiger charge is 2.26. The number of hydrogen-bond acceptors (Lipinski definition) is 3. The van der Waals surface area contributed by atoms with Crippen molar-refractivity contribution < 1.29 is 14.3 Å². The Kier molecular flexibility index (Phi) is 9.23. The molecule has 0 aromatic carbocycles. The molecule has 2 N–H and O–H groups in total. The van der Waals surface area contributed by atoms with Crippen LogP contribution in [0.2, 0.25) is 0 Å². The van der Waals surface area contributed by atoms with Gasteiger partial charge in [0.2, 0.25) is 5.91 Å². The average Bonchev–Trinajstić information content (AvgIpc) is 2.62. The molecule has 0 aromatic heterocycles. The first-order valence-corrected chi connectivity index (χ1v) is 10.5. The second-order valence-corrected chi connectivity index (χ2v) is 8.04. The van der Waals surface area contributed by atoms with Gasteiger partial charge in [0, 0.05) is 38.7 Å². The van der Waals surface area contributed by atoms with Crippen LogP contribution in [0.4, 0.5) is 4.79 Å². The first-order valence-electron chi connectivity index (χ1n) is 10.5. The van der Waals surface area contributed by atoms with Crippen molar-refractivity contribution in [3.8, 4) is 0 Å². The Morgan fingerprint density at radius 2 is 1.77 bits per heavy atom. The van der Waals surface area contributed by atoms with Gasteiger partial charge < -0.3 is 20.3 Å². The van der Waals surface area contributed by atoms with E-state index in [0.717, 1.165) is 45.2 Å². The summed E-state index contributed by atoms with van der Waals surface area (Å²) in [7, 11) is 0. The number of carbonyl (C=O) groups is 2. The number of urea groups is 1. The molecular weight excluding hydrogens is 330 g/mol. The van der Waals surface area contributed by atoms with E-state index >= 15 is 0 Å². The Morgan fingerprint density at radius 1 is 1.08 bits per heavy atom. The van der Waals surface area contributed by atoms with E-state index in [4.69, 9.17) is 4.74 Å². The number of nitrogens with one attached hydrogen (secondary N) is 2. The van der Waals surface area contributed by atoms with E-state index < -0.39 is 0 Å². The Labute approximate surface area is 158 Å². The third-order valence-electron chi connectivity index (χ3n) is 5.40. The number of amides is 3. The van der Waals surface area contributed by atoms with Crippen LogP contribution >= 0.6 is 0 Å². The van der Waals surface area contributed by atoms with E-state index in [1.807, 2.05) is 18.7 Å². The van der Waals surface area contributed by atoms with Gasteiger partial charge in [-0.25, -0.2) is 4.79 Å². The lowest BCUT2D eigenvalue weighted by Gasteiger charge is -2.33. The lowest BCUT2D eigenvalue weighted by Crippen LogP contribution is -2.48. The van der Waals surface area contributed by atoms with E-state index in [9.17, 15) is 9.59 Å². The molecule has 150 valence electrons. The number of hydrogen-bond donors (Lipinski definition) is 2. The smallest absolute Gasteiger partial charge is 0.317 e. The van der Waals surface area contributed by atoms with E-state index in [0.29, 0.717) is 31.5 Å². The molecule has 1 aliphatic heterocycles. The quantitative estimate of drug-likeness (QED) is 0.648. The van der Waals surface area contributed by atoms with Gasteiger partial charge in [-0.2, -0.15) is 0 Å². The minimum atomic E-state index is 0.0879. The summed E-state index contributed by atoms with van der Waals surface area (Å²) in [6, 6.07) is 0.449. The van der Waals surface area contributed by atoms with Crippen LogP contribution in [0, 0.1) is 5.92 Å². The third-order valence-corrected chi connectivity index (χ3v) is 5.40. The van der Waals surface area contributed by atoms with Gasteiger partial charge in [-0.3, -0.25) is 4.79 Å². The summed E-state index contributed by atoms with van der Waals surface area (Å²) in [5.41, 5.74) is 0. The van der Waals surface area contributed by atoms with Crippen molar-refractivity contribution in [1.82, 2.24) is 15.5 Å². The second kappa shape index (κ2) is 11.4. The summed E-state index contributed by atoms with van der Waals surface area (Å²) in [6.07, 6.45) is 9.49. The molecule has 6 nitrogen and oxygen atoms in total. The van der Waals surface area contributed by atoms with E-state index in [1.165, 1.54) is 19.3 Å². The SMILES string of the molecule is CC(C)OCCCNC(=O)CC1CCN(C(=O)NC2CCCCC2)CC1. The zero-order valence-electron chi connectivity index (χ0n) is 16.6. The standard InChI is InChI=1S/C20H37N3O3/c1-16(2)26-14-6-11-21-19(24)15-17-9-12-23(13-10-17)20(25)22-18-7-4-3-5-8-18/h16-18H,3-15H2,1-2H3,(H,21,24)(H,22,25). The summed E-state index contributed by atoms with van der Waals surface area (Å²) in [6.45, 7) is 6.92. The average molecular weight is 368 g/mol. The van der Waals surface area contributed by atoms with Crippen LogP contribution in [-0.2, 0) is 9.53 Å². The topological polar surface area (TPSA) is 70.7 Å². The molecule has 0 aromatic rings. The molecule has 0 bridgehead atoms. The van der Waals surface area contributed by atoms with Crippen LogP contribution in [0.15, 0.2) is 0 Å². The molecule has 2 fully saturated rings. The number of rotatable bonds is 8. The minimum Gasteiger partial charge on any atom is -0.379 e. The maximum atomic E-state index is 12.4.